The third-order valence-corrected chi connectivity index (χ3v) is 1.93. The molecule has 0 unspecified atom stereocenters. The molecule has 2 nitrogen and oxygen atoms in total. The van der Waals surface area contributed by atoms with Gasteiger partial charge in [-0.3, -0.25) is 4.79 Å². The summed E-state index contributed by atoms with van der Waals surface area (Å²) in [6, 6.07) is 5.49. The maximum Gasteiger partial charge on any atom is 0.189 e. The first-order valence-electron chi connectivity index (χ1n) is 4.63. The lowest BCUT2D eigenvalue weighted by Gasteiger charge is -2.11. The zero-order chi connectivity index (χ0) is 11.4. The molecule has 0 aliphatic carbocycles. The van der Waals surface area contributed by atoms with Gasteiger partial charge in [-0.15, -0.1) is 0 Å². The molecular weight excluding hydrogens is 193 g/mol. The minimum atomic E-state index is -0.343. The Labute approximate surface area is 89.0 Å². The van der Waals surface area contributed by atoms with Crippen molar-refractivity contribution in [2.24, 2.45) is 0 Å². The fourth-order valence-electron chi connectivity index (χ4n) is 1.26. The summed E-state index contributed by atoms with van der Waals surface area (Å²) < 4.78 is 12.6. The number of likely N-dealkylation sites (N-methyl/N-ethyl adjacent to an activating group) is 1. The largest absolute Gasteiger partial charge is 0.305 e. The highest BCUT2D eigenvalue weighted by molar-refractivity contribution is 6.08. The molecule has 0 heterocycles. The molecule has 3 heteroatoms. The second kappa shape index (κ2) is 4.84. The third-order valence-electron chi connectivity index (χ3n) is 1.93. The van der Waals surface area contributed by atoms with E-state index in [1.54, 1.807) is 0 Å². The highest BCUT2D eigenvalue weighted by atomic mass is 19.1. The fourth-order valence-corrected chi connectivity index (χ4v) is 1.26. The molecule has 0 aliphatic rings. The maximum atomic E-state index is 12.6. The summed E-state index contributed by atoms with van der Waals surface area (Å²) in [5.74, 6) is -0.478. The van der Waals surface area contributed by atoms with E-state index >= 15 is 0 Å². The third kappa shape index (κ3) is 3.29. The molecule has 1 aromatic rings. The number of carbonyl (C=O) groups is 1. The van der Waals surface area contributed by atoms with Crippen LogP contribution in [0.3, 0.4) is 0 Å². The Bertz CT molecular complexity index is 368. The average Bonchev–Trinajstić information content (AvgIpc) is 2.17. The van der Waals surface area contributed by atoms with Crippen molar-refractivity contribution in [3.8, 4) is 0 Å². The van der Waals surface area contributed by atoms with Crippen molar-refractivity contribution in [3.05, 3.63) is 47.8 Å². The Morgan fingerprint density at radius 1 is 1.33 bits per heavy atom. The number of nitrogens with zero attached hydrogens (tertiary/aromatic N) is 1. The van der Waals surface area contributed by atoms with Crippen molar-refractivity contribution >= 4 is 5.78 Å². The minimum absolute atomic E-state index is 0.135. The predicted molar refractivity (Wildman–Crippen MR) is 58.4 cm³/mol. The van der Waals surface area contributed by atoms with E-state index in [2.05, 4.69) is 6.58 Å². The van der Waals surface area contributed by atoms with Crippen LogP contribution in [0.1, 0.15) is 10.4 Å². The van der Waals surface area contributed by atoms with E-state index < -0.39 is 0 Å². The van der Waals surface area contributed by atoms with Gasteiger partial charge in [0.2, 0.25) is 0 Å². The number of halogens is 1. The van der Waals surface area contributed by atoms with Gasteiger partial charge in [0, 0.05) is 17.7 Å². The van der Waals surface area contributed by atoms with Crippen LogP contribution in [0.5, 0.6) is 0 Å². The first-order chi connectivity index (χ1) is 7.00. The van der Waals surface area contributed by atoms with Crippen molar-refractivity contribution in [2.75, 3.05) is 20.6 Å². The Morgan fingerprint density at radius 2 is 1.87 bits per heavy atom. The van der Waals surface area contributed by atoms with Gasteiger partial charge < -0.3 is 4.90 Å². The topological polar surface area (TPSA) is 20.3 Å². The van der Waals surface area contributed by atoms with Crippen LogP contribution in [-0.4, -0.2) is 31.3 Å². The van der Waals surface area contributed by atoms with Gasteiger partial charge in [-0.1, -0.05) is 6.58 Å². The minimum Gasteiger partial charge on any atom is -0.305 e. The Balaban J connectivity index is 2.76. The second-order valence-electron chi connectivity index (χ2n) is 3.68. The molecule has 0 aliphatic heterocycles. The number of Topliss-reactive ketones (excluding diaryl/α,β-unsaturated/α-hetero) is 1. The van der Waals surface area contributed by atoms with Crippen molar-refractivity contribution in [2.45, 2.75) is 0 Å². The van der Waals surface area contributed by atoms with Crippen LogP contribution in [0.4, 0.5) is 4.39 Å². The van der Waals surface area contributed by atoms with Crippen molar-refractivity contribution < 1.29 is 9.18 Å². The van der Waals surface area contributed by atoms with Crippen LogP contribution in [0.25, 0.3) is 0 Å². The highest BCUT2D eigenvalue weighted by Gasteiger charge is 2.10. The van der Waals surface area contributed by atoms with E-state index in [1.165, 1.54) is 24.3 Å². The average molecular weight is 207 g/mol. The number of carbonyl (C=O) groups excluding carboxylic acids is 1. The van der Waals surface area contributed by atoms with Crippen LogP contribution in [0, 0.1) is 5.82 Å². The zero-order valence-corrected chi connectivity index (χ0v) is 8.96. The summed E-state index contributed by atoms with van der Waals surface area (Å²) in [7, 11) is 3.73. The fraction of sp³-hybridized carbons (Fsp3) is 0.250. The summed E-state index contributed by atoms with van der Waals surface area (Å²) in [6.07, 6.45) is 0. The summed E-state index contributed by atoms with van der Waals surface area (Å²) in [5, 5.41) is 0. The molecule has 0 saturated heterocycles. The smallest absolute Gasteiger partial charge is 0.189 e. The number of hydrogen-bond acceptors (Lipinski definition) is 2. The summed E-state index contributed by atoms with van der Waals surface area (Å²) in [4.78, 5) is 13.6. The maximum absolute atomic E-state index is 12.6. The molecule has 0 saturated carbocycles. The van der Waals surface area contributed by atoms with E-state index in [9.17, 15) is 9.18 Å². The molecule has 0 atom stereocenters. The Kier molecular flexibility index (Phi) is 3.74. The van der Waals surface area contributed by atoms with E-state index in [-0.39, 0.29) is 11.6 Å². The van der Waals surface area contributed by atoms with E-state index in [4.69, 9.17) is 0 Å². The van der Waals surface area contributed by atoms with Gasteiger partial charge in [0.05, 0.1) is 0 Å². The molecule has 1 rings (SSSR count). The molecule has 0 amide bonds. The van der Waals surface area contributed by atoms with E-state index in [0.717, 1.165) is 0 Å². The Hall–Kier alpha value is -1.48. The Morgan fingerprint density at radius 3 is 2.33 bits per heavy atom. The van der Waals surface area contributed by atoms with Gasteiger partial charge in [-0.25, -0.2) is 4.39 Å². The van der Waals surface area contributed by atoms with Gasteiger partial charge in [0.25, 0.3) is 0 Å². The van der Waals surface area contributed by atoms with Crippen molar-refractivity contribution in [1.82, 2.24) is 4.90 Å². The number of ketones is 1. The monoisotopic (exact) mass is 207 g/mol. The zero-order valence-electron chi connectivity index (χ0n) is 8.96. The van der Waals surface area contributed by atoms with Gasteiger partial charge >= 0.3 is 0 Å². The van der Waals surface area contributed by atoms with E-state index in [1.807, 2.05) is 19.0 Å². The van der Waals surface area contributed by atoms with Crippen molar-refractivity contribution in [1.29, 1.82) is 0 Å². The number of hydrogen-bond donors (Lipinski definition) is 0. The van der Waals surface area contributed by atoms with Crippen molar-refractivity contribution in [3.63, 3.8) is 0 Å². The molecule has 1 aromatic carbocycles. The second-order valence-corrected chi connectivity index (χ2v) is 3.68. The van der Waals surface area contributed by atoms with Crippen LogP contribution < -0.4 is 0 Å². The predicted octanol–water partition coefficient (Wildman–Crippen LogP) is 2.13. The molecule has 0 aromatic heterocycles. The summed E-state index contributed by atoms with van der Waals surface area (Å²) in [5.41, 5.74) is 0.981. The molecule has 0 fully saturated rings. The number of benzene rings is 1. The SMILES string of the molecule is C=C(CN(C)C)C(=O)c1ccc(F)cc1. The molecule has 0 spiro atoms. The molecule has 15 heavy (non-hydrogen) atoms. The molecular formula is C12H14FNO. The lowest BCUT2D eigenvalue weighted by atomic mass is 10.0. The van der Waals surface area contributed by atoms with Crippen LogP contribution in [-0.2, 0) is 0 Å². The van der Waals surface area contributed by atoms with Crippen LogP contribution in [0.2, 0.25) is 0 Å². The summed E-state index contributed by atoms with van der Waals surface area (Å²) >= 11 is 0. The van der Waals surface area contributed by atoms with Gasteiger partial charge in [-0.05, 0) is 38.4 Å². The lowest BCUT2D eigenvalue weighted by molar-refractivity contribution is 0.102. The first kappa shape index (κ1) is 11.6. The van der Waals surface area contributed by atoms with E-state index in [0.29, 0.717) is 17.7 Å². The molecule has 0 bridgehead atoms. The summed E-state index contributed by atoms with van der Waals surface area (Å²) in [6.45, 7) is 4.22. The van der Waals surface area contributed by atoms with Gasteiger partial charge in [0.15, 0.2) is 5.78 Å². The first-order valence-corrected chi connectivity index (χ1v) is 4.63. The van der Waals surface area contributed by atoms with Crippen LogP contribution >= 0.6 is 0 Å². The molecule has 80 valence electrons. The molecule has 0 N–H and O–H groups in total. The lowest BCUT2D eigenvalue weighted by Crippen LogP contribution is -2.19. The van der Waals surface area contributed by atoms with Gasteiger partial charge in [-0.2, -0.15) is 0 Å². The van der Waals surface area contributed by atoms with Crippen LogP contribution in [0.15, 0.2) is 36.4 Å². The number of rotatable bonds is 4. The standard InChI is InChI=1S/C12H14FNO/c1-9(8-14(2)3)12(15)10-4-6-11(13)7-5-10/h4-7H,1,8H2,2-3H3. The quantitative estimate of drug-likeness (QED) is 0.557. The van der Waals surface area contributed by atoms with Gasteiger partial charge in [0.1, 0.15) is 5.82 Å². The molecule has 0 radical (unpaired) electrons. The normalized spacial score (nSPS) is 10.4. The highest BCUT2D eigenvalue weighted by Crippen LogP contribution is 2.08.